The van der Waals surface area contributed by atoms with Gasteiger partial charge in [-0.3, -0.25) is 4.68 Å². The van der Waals surface area contributed by atoms with Crippen LogP contribution in [0.4, 0.5) is 0 Å². The normalized spacial score (nSPS) is 23.2. The summed E-state index contributed by atoms with van der Waals surface area (Å²) in [4.78, 5) is 0. The molecule has 2 rings (SSSR count). The highest BCUT2D eigenvalue weighted by atomic mass is 32.2. The first-order chi connectivity index (χ1) is 7.33. The van der Waals surface area contributed by atoms with Gasteiger partial charge in [0.2, 0.25) is 0 Å². The van der Waals surface area contributed by atoms with Gasteiger partial charge in [0.25, 0.3) is 0 Å². The molecule has 2 unspecified atom stereocenters. The number of aryl methyl sites for hydroxylation is 1. The molecule has 2 atom stereocenters. The predicted molar refractivity (Wildman–Crippen MR) is 62.9 cm³/mol. The average molecular weight is 226 g/mol. The Labute approximate surface area is 94.9 Å². The first-order valence-corrected chi connectivity index (χ1v) is 6.76. The summed E-state index contributed by atoms with van der Waals surface area (Å²) in [7, 11) is 0. The molecule has 0 amide bonds. The first kappa shape index (κ1) is 11.0. The number of hydrogen-bond acceptors (Lipinski definition) is 3. The first-order valence-electron chi connectivity index (χ1n) is 5.60. The monoisotopic (exact) mass is 226 g/mol. The van der Waals surface area contributed by atoms with E-state index < -0.39 is 0 Å². The Kier molecular flexibility index (Phi) is 3.70. The topological polar surface area (TPSA) is 38.0 Å². The lowest BCUT2D eigenvalue weighted by molar-refractivity contribution is 0.111. The molecule has 1 aliphatic rings. The fourth-order valence-corrected chi connectivity index (χ4v) is 3.32. The quantitative estimate of drug-likeness (QED) is 0.854. The molecule has 84 valence electrons. The van der Waals surface area contributed by atoms with Gasteiger partial charge >= 0.3 is 0 Å². The maximum atomic E-state index is 10.2. The van der Waals surface area contributed by atoms with Gasteiger partial charge in [-0.2, -0.15) is 16.9 Å². The fourth-order valence-electron chi connectivity index (χ4n) is 2.04. The second-order valence-corrected chi connectivity index (χ2v) is 5.20. The van der Waals surface area contributed by atoms with E-state index in [0.29, 0.717) is 5.92 Å². The molecule has 0 bridgehead atoms. The number of aliphatic hydroxyl groups is 1. The molecular formula is C11H18N2OS. The van der Waals surface area contributed by atoms with Gasteiger partial charge in [0, 0.05) is 18.7 Å². The highest BCUT2D eigenvalue weighted by Gasteiger charge is 2.26. The van der Waals surface area contributed by atoms with Gasteiger partial charge < -0.3 is 5.11 Å². The van der Waals surface area contributed by atoms with E-state index in [1.165, 1.54) is 5.75 Å². The van der Waals surface area contributed by atoms with Crippen LogP contribution < -0.4 is 0 Å². The summed E-state index contributed by atoms with van der Waals surface area (Å²) in [6.07, 6.45) is 3.65. The molecule has 1 aromatic rings. The van der Waals surface area contributed by atoms with E-state index in [9.17, 15) is 5.11 Å². The van der Waals surface area contributed by atoms with Crippen LogP contribution in [0.25, 0.3) is 0 Å². The van der Waals surface area contributed by atoms with Crippen LogP contribution in [0.5, 0.6) is 0 Å². The molecule has 0 aliphatic carbocycles. The van der Waals surface area contributed by atoms with Gasteiger partial charge in [0.05, 0.1) is 11.8 Å². The van der Waals surface area contributed by atoms with Crippen molar-refractivity contribution in [2.24, 2.45) is 5.92 Å². The molecule has 3 nitrogen and oxygen atoms in total. The lowest BCUT2D eigenvalue weighted by Gasteiger charge is -2.18. The zero-order valence-electron chi connectivity index (χ0n) is 9.09. The minimum atomic E-state index is -0.325. The predicted octanol–water partition coefficient (Wildman–Crippen LogP) is 2.08. The lowest BCUT2D eigenvalue weighted by atomic mass is 9.99. The summed E-state index contributed by atoms with van der Waals surface area (Å²) in [5.41, 5.74) is 0.990. The molecule has 2 heterocycles. The highest BCUT2D eigenvalue weighted by molar-refractivity contribution is 7.99. The van der Waals surface area contributed by atoms with Crippen LogP contribution in [0.1, 0.15) is 31.6 Å². The van der Waals surface area contributed by atoms with Crippen molar-refractivity contribution in [1.29, 1.82) is 0 Å². The van der Waals surface area contributed by atoms with Crippen molar-refractivity contribution in [3.05, 3.63) is 18.0 Å². The zero-order valence-corrected chi connectivity index (χ0v) is 9.91. The van der Waals surface area contributed by atoms with Crippen LogP contribution >= 0.6 is 11.8 Å². The van der Waals surface area contributed by atoms with Crippen LogP contribution in [-0.2, 0) is 6.54 Å². The minimum Gasteiger partial charge on any atom is -0.386 e. The van der Waals surface area contributed by atoms with Crippen LogP contribution in [0.3, 0.4) is 0 Å². The molecule has 1 aliphatic heterocycles. The van der Waals surface area contributed by atoms with E-state index in [4.69, 9.17) is 0 Å². The van der Waals surface area contributed by atoms with Gasteiger partial charge in [0.15, 0.2) is 0 Å². The highest BCUT2D eigenvalue weighted by Crippen LogP contribution is 2.33. The minimum absolute atomic E-state index is 0.325. The summed E-state index contributed by atoms with van der Waals surface area (Å²) in [5.74, 6) is 2.68. The number of rotatable bonds is 4. The van der Waals surface area contributed by atoms with Crippen molar-refractivity contribution >= 4 is 11.8 Å². The van der Waals surface area contributed by atoms with E-state index in [0.717, 1.165) is 30.8 Å². The number of aliphatic hydroxyl groups excluding tert-OH is 1. The van der Waals surface area contributed by atoms with E-state index in [2.05, 4.69) is 12.0 Å². The van der Waals surface area contributed by atoms with Crippen molar-refractivity contribution in [1.82, 2.24) is 9.78 Å². The van der Waals surface area contributed by atoms with Crippen LogP contribution in [-0.4, -0.2) is 26.4 Å². The Balaban J connectivity index is 2.09. The van der Waals surface area contributed by atoms with Crippen molar-refractivity contribution in [2.45, 2.75) is 32.4 Å². The number of nitrogens with zero attached hydrogens (tertiary/aromatic N) is 2. The van der Waals surface area contributed by atoms with Gasteiger partial charge in [-0.15, -0.1) is 0 Å². The molecule has 0 saturated carbocycles. The largest absolute Gasteiger partial charge is 0.386 e. The van der Waals surface area contributed by atoms with E-state index in [-0.39, 0.29) is 6.10 Å². The van der Waals surface area contributed by atoms with Gasteiger partial charge in [-0.1, -0.05) is 6.92 Å². The number of hydrogen-bond donors (Lipinski definition) is 1. The standard InChI is InChI=1S/C11H18N2OS/c1-2-6-13-10(3-5-12-13)11(14)9-4-7-15-8-9/h3,5,9,11,14H,2,4,6-8H2,1H3. The average Bonchev–Trinajstić information content (AvgIpc) is 2.87. The summed E-state index contributed by atoms with van der Waals surface area (Å²) in [6.45, 7) is 3.03. The molecule has 15 heavy (non-hydrogen) atoms. The maximum absolute atomic E-state index is 10.2. The van der Waals surface area contributed by atoms with Gasteiger partial charge in [0.1, 0.15) is 0 Å². The molecule has 0 radical (unpaired) electrons. The Bertz CT molecular complexity index is 307. The van der Waals surface area contributed by atoms with Crippen LogP contribution in [0.15, 0.2) is 12.3 Å². The third kappa shape index (κ3) is 2.37. The van der Waals surface area contributed by atoms with Gasteiger partial charge in [-0.05, 0) is 30.4 Å². The molecule has 0 aromatic carbocycles. The van der Waals surface area contributed by atoms with Crippen LogP contribution in [0, 0.1) is 5.92 Å². The van der Waals surface area contributed by atoms with E-state index in [1.54, 1.807) is 6.20 Å². The molecule has 4 heteroatoms. The summed E-state index contributed by atoms with van der Waals surface area (Å²) in [6, 6.07) is 1.95. The Hall–Kier alpha value is -0.480. The molecular weight excluding hydrogens is 208 g/mol. The lowest BCUT2D eigenvalue weighted by Crippen LogP contribution is -2.16. The maximum Gasteiger partial charge on any atom is 0.0992 e. The van der Waals surface area contributed by atoms with Crippen molar-refractivity contribution in [3.8, 4) is 0 Å². The van der Waals surface area contributed by atoms with Gasteiger partial charge in [-0.25, -0.2) is 0 Å². The molecule has 1 fully saturated rings. The number of thioether (sulfide) groups is 1. The SMILES string of the molecule is CCCn1nccc1C(O)C1CCSC1. The second-order valence-electron chi connectivity index (χ2n) is 4.05. The third-order valence-corrected chi connectivity index (χ3v) is 4.09. The number of aromatic nitrogens is 2. The van der Waals surface area contributed by atoms with Crippen molar-refractivity contribution in [3.63, 3.8) is 0 Å². The Morgan fingerprint density at radius 1 is 1.73 bits per heavy atom. The molecule has 1 N–H and O–H groups in total. The summed E-state index contributed by atoms with van der Waals surface area (Å²) >= 11 is 1.94. The zero-order chi connectivity index (χ0) is 10.7. The van der Waals surface area contributed by atoms with Crippen molar-refractivity contribution in [2.75, 3.05) is 11.5 Å². The second kappa shape index (κ2) is 5.03. The molecule has 1 aromatic heterocycles. The molecule has 0 spiro atoms. The van der Waals surface area contributed by atoms with Crippen LogP contribution in [0.2, 0.25) is 0 Å². The Morgan fingerprint density at radius 2 is 2.60 bits per heavy atom. The van der Waals surface area contributed by atoms with Crippen molar-refractivity contribution < 1.29 is 5.11 Å². The fraction of sp³-hybridized carbons (Fsp3) is 0.727. The van der Waals surface area contributed by atoms with E-state index >= 15 is 0 Å². The summed E-state index contributed by atoms with van der Waals surface area (Å²) < 4.78 is 1.94. The van der Waals surface area contributed by atoms with E-state index in [1.807, 2.05) is 22.5 Å². The smallest absolute Gasteiger partial charge is 0.0992 e. The third-order valence-electron chi connectivity index (χ3n) is 2.90. The Morgan fingerprint density at radius 3 is 3.27 bits per heavy atom. The summed E-state index contributed by atoms with van der Waals surface area (Å²) in [5, 5.41) is 14.5. The molecule has 1 saturated heterocycles.